The molecule has 0 aliphatic carbocycles. The Balaban J connectivity index is 1.85. The van der Waals surface area contributed by atoms with Crippen molar-refractivity contribution in [2.45, 2.75) is 58.5 Å². The highest BCUT2D eigenvalue weighted by molar-refractivity contribution is 5.63. The maximum absolute atomic E-state index is 14.3. The van der Waals surface area contributed by atoms with Crippen LogP contribution in [0.2, 0.25) is 0 Å². The predicted octanol–water partition coefficient (Wildman–Crippen LogP) is 5.91. The summed E-state index contributed by atoms with van der Waals surface area (Å²) >= 11 is 0. The number of halogens is 2. The number of hydrogen-bond acceptors (Lipinski definition) is 4. The number of allylic oxidation sites excluding steroid dienone is 1. The molecule has 6 heteroatoms. The van der Waals surface area contributed by atoms with Gasteiger partial charge in [0, 0.05) is 23.8 Å². The molecule has 2 rings (SSSR count). The quantitative estimate of drug-likeness (QED) is 0.485. The topological polar surface area (TPSA) is 55.2 Å². The number of hydrogen-bond donors (Lipinski definition) is 1. The van der Waals surface area contributed by atoms with Gasteiger partial charge in [0.2, 0.25) is 5.88 Å². The maximum Gasteiger partial charge on any atom is 0.230 e. The first kappa shape index (κ1) is 22.0. The van der Waals surface area contributed by atoms with E-state index in [1.165, 1.54) is 37.1 Å². The second-order valence-electron chi connectivity index (χ2n) is 6.83. The first-order valence-electron chi connectivity index (χ1n) is 9.82. The van der Waals surface area contributed by atoms with E-state index in [4.69, 9.17) is 9.84 Å². The maximum atomic E-state index is 14.3. The van der Waals surface area contributed by atoms with E-state index in [1.807, 2.05) is 6.08 Å². The van der Waals surface area contributed by atoms with Crippen molar-refractivity contribution in [1.82, 2.24) is 10.2 Å². The van der Waals surface area contributed by atoms with Crippen molar-refractivity contribution in [2.24, 2.45) is 0 Å². The van der Waals surface area contributed by atoms with Gasteiger partial charge in [-0.25, -0.2) is 8.78 Å². The van der Waals surface area contributed by atoms with Crippen LogP contribution in [-0.2, 0) is 4.74 Å². The lowest BCUT2D eigenvalue weighted by molar-refractivity contribution is 0.0566. The van der Waals surface area contributed by atoms with Crippen LogP contribution in [0, 0.1) is 11.6 Å². The highest BCUT2D eigenvalue weighted by Crippen LogP contribution is 2.26. The average Bonchev–Trinajstić information content (AvgIpc) is 2.69. The molecular formula is C22H28F2N2O2. The highest BCUT2D eigenvalue weighted by atomic mass is 19.2. The van der Waals surface area contributed by atoms with Crippen LogP contribution in [0.5, 0.6) is 5.88 Å². The molecule has 0 radical (unpaired) electrons. The summed E-state index contributed by atoms with van der Waals surface area (Å²) in [6.07, 6.45) is 9.76. The van der Waals surface area contributed by atoms with Gasteiger partial charge in [0.15, 0.2) is 11.6 Å². The van der Waals surface area contributed by atoms with Crippen LogP contribution in [0.3, 0.4) is 0 Å². The molecule has 0 fully saturated rings. The lowest BCUT2D eigenvalue weighted by Crippen LogP contribution is -2.08. The fraction of sp³-hybridized carbons (Fsp3) is 0.455. The van der Waals surface area contributed by atoms with Gasteiger partial charge in [-0.05, 0) is 44.7 Å². The Morgan fingerprint density at radius 3 is 2.61 bits per heavy atom. The largest absolute Gasteiger partial charge is 0.492 e. The molecule has 152 valence electrons. The fourth-order valence-corrected chi connectivity index (χ4v) is 2.81. The van der Waals surface area contributed by atoms with E-state index >= 15 is 0 Å². The van der Waals surface area contributed by atoms with Gasteiger partial charge in [0.05, 0.1) is 11.8 Å². The molecule has 28 heavy (non-hydrogen) atoms. The van der Waals surface area contributed by atoms with Gasteiger partial charge in [0.25, 0.3) is 0 Å². The Bertz CT molecular complexity index is 764. The van der Waals surface area contributed by atoms with Gasteiger partial charge >= 0.3 is 0 Å². The molecule has 0 amide bonds. The number of unbranched alkanes of at least 4 members (excludes halogenated alkanes) is 3. The van der Waals surface area contributed by atoms with Crippen molar-refractivity contribution in [2.75, 3.05) is 6.61 Å². The summed E-state index contributed by atoms with van der Waals surface area (Å²) in [4.78, 5) is 0. The average molecular weight is 390 g/mol. The van der Waals surface area contributed by atoms with Gasteiger partial charge < -0.3 is 9.84 Å². The summed E-state index contributed by atoms with van der Waals surface area (Å²) in [7, 11) is 0. The van der Waals surface area contributed by atoms with E-state index in [1.54, 1.807) is 6.08 Å². The third-order valence-corrected chi connectivity index (χ3v) is 4.47. The molecule has 4 nitrogen and oxygen atoms in total. The van der Waals surface area contributed by atoms with E-state index in [0.29, 0.717) is 0 Å². The standard InChI is InChI=1S/C22H28F2N2O2/c1-3-4-8-15-28-16(2)9-6-5-7-10-17-11-12-18(22(24)21(17)23)19-13-14-20(27)26-25-19/h7,10-14,16H,3-6,8-9,15H2,1-2H3,(H,26,27). The molecule has 1 unspecified atom stereocenters. The fourth-order valence-electron chi connectivity index (χ4n) is 2.81. The van der Waals surface area contributed by atoms with Crippen LogP contribution >= 0.6 is 0 Å². The molecule has 0 bridgehead atoms. The number of rotatable bonds is 11. The Morgan fingerprint density at radius 2 is 1.89 bits per heavy atom. The van der Waals surface area contributed by atoms with Crippen molar-refractivity contribution in [1.29, 1.82) is 0 Å². The third kappa shape index (κ3) is 6.68. The zero-order valence-corrected chi connectivity index (χ0v) is 16.5. The first-order valence-corrected chi connectivity index (χ1v) is 9.82. The molecule has 0 saturated carbocycles. The van der Waals surface area contributed by atoms with Crippen LogP contribution in [0.15, 0.2) is 30.3 Å². The molecule has 1 heterocycles. The molecule has 0 aliphatic heterocycles. The van der Waals surface area contributed by atoms with Crippen LogP contribution < -0.4 is 0 Å². The number of aromatic nitrogens is 2. The van der Waals surface area contributed by atoms with Crippen LogP contribution in [0.1, 0.15) is 57.9 Å². The molecule has 0 aliphatic rings. The van der Waals surface area contributed by atoms with Crippen molar-refractivity contribution >= 4 is 6.08 Å². The zero-order chi connectivity index (χ0) is 20.4. The third-order valence-electron chi connectivity index (χ3n) is 4.47. The molecule has 1 N–H and O–H groups in total. The molecule has 1 aromatic carbocycles. The molecule has 1 aromatic heterocycles. The number of ether oxygens (including phenoxy) is 1. The van der Waals surface area contributed by atoms with Crippen LogP contribution in [0.25, 0.3) is 17.3 Å². The van der Waals surface area contributed by atoms with Crippen LogP contribution in [0.4, 0.5) is 8.78 Å². The monoisotopic (exact) mass is 390 g/mol. The van der Waals surface area contributed by atoms with Gasteiger partial charge in [-0.2, -0.15) is 0 Å². The lowest BCUT2D eigenvalue weighted by Gasteiger charge is -2.12. The lowest BCUT2D eigenvalue weighted by atomic mass is 10.1. The summed E-state index contributed by atoms with van der Waals surface area (Å²) in [5.41, 5.74) is 0.366. The summed E-state index contributed by atoms with van der Waals surface area (Å²) in [5, 5.41) is 16.3. The minimum Gasteiger partial charge on any atom is -0.492 e. The Kier molecular flexibility index (Phi) is 9.01. The number of aromatic hydroxyl groups is 1. The minimum atomic E-state index is -0.976. The summed E-state index contributed by atoms with van der Waals surface area (Å²) in [5.74, 6) is -2.17. The summed E-state index contributed by atoms with van der Waals surface area (Å²) in [6.45, 7) is 5.03. The Morgan fingerprint density at radius 1 is 1.07 bits per heavy atom. The highest BCUT2D eigenvalue weighted by Gasteiger charge is 2.14. The minimum absolute atomic E-state index is 0.0104. The van der Waals surface area contributed by atoms with E-state index in [9.17, 15) is 8.78 Å². The summed E-state index contributed by atoms with van der Waals surface area (Å²) < 4.78 is 34.4. The van der Waals surface area contributed by atoms with E-state index < -0.39 is 11.6 Å². The second-order valence-corrected chi connectivity index (χ2v) is 6.83. The van der Waals surface area contributed by atoms with Crippen LogP contribution in [-0.4, -0.2) is 28.0 Å². The van der Waals surface area contributed by atoms with Crippen molar-refractivity contribution in [3.8, 4) is 17.1 Å². The molecule has 0 saturated heterocycles. The van der Waals surface area contributed by atoms with E-state index in [-0.39, 0.29) is 28.8 Å². The molecular weight excluding hydrogens is 362 g/mol. The Labute approximate surface area is 165 Å². The van der Waals surface area contributed by atoms with Gasteiger partial charge in [-0.1, -0.05) is 38.0 Å². The van der Waals surface area contributed by atoms with Crippen molar-refractivity contribution in [3.05, 3.63) is 47.5 Å². The molecule has 1 atom stereocenters. The van der Waals surface area contributed by atoms with Gasteiger partial charge in [0.1, 0.15) is 0 Å². The molecule has 0 spiro atoms. The zero-order valence-electron chi connectivity index (χ0n) is 16.5. The van der Waals surface area contributed by atoms with E-state index in [0.717, 1.165) is 32.3 Å². The number of nitrogens with zero attached hydrogens (tertiary/aromatic N) is 2. The SMILES string of the molecule is CCCCCOC(C)CCCC=Cc1ccc(-c2ccc(O)nn2)c(F)c1F. The van der Waals surface area contributed by atoms with E-state index in [2.05, 4.69) is 24.0 Å². The second kappa shape index (κ2) is 11.5. The normalized spacial score (nSPS) is 12.6. The number of benzene rings is 1. The Hall–Kier alpha value is -2.34. The first-order chi connectivity index (χ1) is 13.5. The molecule has 2 aromatic rings. The van der Waals surface area contributed by atoms with Crippen molar-refractivity contribution < 1.29 is 18.6 Å². The van der Waals surface area contributed by atoms with Gasteiger partial charge in [-0.3, -0.25) is 0 Å². The summed E-state index contributed by atoms with van der Waals surface area (Å²) in [6, 6.07) is 5.65. The predicted molar refractivity (Wildman–Crippen MR) is 107 cm³/mol. The smallest absolute Gasteiger partial charge is 0.230 e. The van der Waals surface area contributed by atoms with Crippen molar-refractivity contribution in [3.63, 3.8) is 0 Å². The van der Waals surface area contributed by atoms with Gasteiger partial charge in [-0.15, -0.1) is 10.2 Å².